The van der Waals surface area contributed by atoms with Gasteiger partial charge in [-0.3, -0.25) is 4.98 Å². The van der Waals surface area contributed by atoms with Crippen molar-refractivity contribution in [2.75, 3.05) is 5.32 Å². The Labute approximate surface area is 158 Å². The number of alkyl halides is 3. The van der Waals surface area contributed by atoms with Crippen LogP contribution in [0.1, 0.15) is 16.8 Å². The van der Waals surface area contributed by atoms with Gasteiger partial charge >= 0.3 is 12.2 Å². The van der Waals surface area contributed by atoms with Gasteiger partial charge in [-0.15, -0.1) is 0 Å². The second-order valence-corrected chi connectivity index (χ2v) is 6.59. The predicted molar refractivity (Wildman–Crippen MR) is 98.3 cm³/mol. The predicted octanol–water partition coefficient (Wildman–Crippen LogP) is 5.40. The molecule has 2 aromatic heterocycles. The molecule has 1 aromatic carbocycles. The van der Waals surface area contributed by atoms with Crippen LogP contribution in [0.2, 0.25) is 0 Å². The van der Waals surface area contributed by atoms with Crippen LogP contribution in [0.15, 0.2) is 65.5 Å². The number of nitrogens with zero attached hydrogens (tertiary/aromatic N) is 2. The number of benzene rings is 1. The minimum Gasteiger partial charge on any atom is -0.314 e. The number of rotatable bonds is 5. The summed E-state index contributed by atoms with van der Waals surface area (Å²) in [5.41, 5.74) is 1.22. The first-order valence-electron chi connectivity index (χ1n) is 8.06. The maximum Gasteiger partial charge on any atom is 0.416 e. The number of nitrogens with one attached hydrogen (secondary N) is 1. The van der Waals surface area contributed by atoms with Gasteiger partial charge in [0.25, 0.3) is 0 Å². The lowest BCUT2D eigenvalue weighted by atomic mass is 10.2. The number of aromatic nitrogens is 1. The number of amides is 2. The fourth-order valence-corrected chi connectivity index (χ4v) is 3.09. The fourth-order valence-electron chi connectivity index (χ4n) is 2.43. The fraction of sp³-hybridized carbons (Fsp3) is 0.158. The number of carbonyl (C=O) groups excluding carboxylic acids is 1. The van der Waals surface area contributed by atoms with Crippen LogP contribution in [0.4, 0.5) is 23.7 Å². The number of hydrogen-bond donors (Lipinski definition) is 1. The maximum atomic E-state index is 12.7. The Morgan fingerprint density at radius 1 is 1.07 bits per heavy atom. The average molecular weight is 391 g/mol. The number of halogens is 3. The lowest BCUT2D eigenvalue weighted by Gasteiger charge is -2.22. The van der Waals surface area contributed by atoms with Gasteiger partial charge in [0.15, 0.2) is 0 Å². The van der Waals surface area contributed by atoms with Crippen LogP contribution >= 0.6 is 11.3 Å². The lowest BCUT2D eigenvalue weighted by Crippen LogP contribution is -2.34. The Bertz CT molecular complexity index is 865. The van der Waals surface area contributed by atoms with E-state index in [-0.39, 0.29) is 6.54 Å². The van der Waals surface area contributed by atoms with Crippen molar-refractivity contribution in [2.24, 2.45) is 0 Å². The summed E-state index contributed by atoms with van der Waals surface area (Å²) in [6, 6.07) is 11.3. The molecule has 0 atom stereocenters. The van der Waals surface area contributed by atoms with E-state index in [1.165, 1.54) is 23.5 Å². The quantitative estimate of drug-likeness (QED) is 0.633. The largest absolute Gasteiger partial charge is 0.416 e. The summed E-state index contributed by atoms with van der Waals surface area (Å²) in [5.74, 6) is 0. The van der Waals surface area contributed by atoms with Gasteiger partial charge < -0.3 is 10.2 Å². The molecule has 2 heterocycles. The number of hydrogen-bond acceptors (Lipinski definition) is 3. The Kier molecular flexibility index (Phi) is 5.75. The zero-order valence-electron chi connectivity index (χ0n) is 14.1. The molecule has 3 aromatic rings. The third-order valence-corrected chi connectivity index (χ3v) is 4.52. The number of carbonyl (C=O) groups is 1. The van der Waals surface area contributed by atoms with Crippen LogP contribution in [0.5, 0.6) is 0 Å². The Balaban J connectivity index is 1.73. The summed E-state index contributed by atoms with van der Waals surface area (Å²) in [7, 11) is 0. The van der Waals surface area contributed by atoms with Gasteiger partial charge in [0, 0.05) is 18.4 Å². The van der Waals surface area contributed by atoms with Crippen molar-refractivity contribution in [1.82, 2.24) is 9.88 Å². The molecular formula is C19H16F3N3OS. The second kappa shape index (κ2) is 8.22. The van der Waals surface area contributed by atoms with Crippen LogP contribution < -0.4 is 5.32 Å². The molecule has 1 N–H and O–H groups in total. The monoisotopic (exact) mass is 391 g/mol. The summed E-state index contributed by atoms with van der Waals surface area (Å²) < 4.78 is 38.0. The molecule has 0 radical (unpaired) electrons. The van der Waals surface area contributed by atoms with Crippen LogP contribution in [-0.4, -0.2) is 15.9 Å². The Morgan fingerprint density at radius 2 is 1.85 bits per heavy atom. The molecule has 0 saturated carbocycles. The third-order valence-electron chi connectivity index (χ3n) is 3.78. The zero-order chi connectivity index (χ0) is 19.3. The van der Waals surface area contributed by atoms with Crippen LogP contribution in [0.3, 0.4) is 0 Å². The van der Waals surface area contributed by atoms with Crippen molar-refractivity contribution in [3.8, 4) is 0 Å². The number of thiophene rings is 1. The SMILES string of the molecule is O=C(Nc1ccc(C(F)(F)F)cc1)N(Cc1ccsc1)Cc1ccccn1. The molecule has 0 saturated heterocycles. The first kappa shape index (κ1) is 18.9. The van der Waals surface area contributed by atoms with E-state index in [0.717, 1.165) is 23.4 Å². The van der Waals surface area contributed by atoms with E-state index in [9.17, 15) is 18.0 Å². The van der Waals surface area contributed by atoms with Crippen molar-refractivity contribution in [3.63, 3.8) is 0 Å². The molecule has 3 rings (SSSR count). The smallest absolute Gasteiger partial charge is 0.314 e. The molecule has 27 heavy (non-hydrogen) atoms. The minimum atomic E-state index is -4.41. The van der Waals surface area contributed by atoms with E-state index in [1.54, 1.807) is 17.2 Å². The zero-order valence-corrected chi connectivity index (χ0v) is 14.9. The van der Waals surface area contributed by atoms with Gasteiger partial charge in [0.05, 0.1) is 17.8 Å². The standard InChI is InChI=1S/C19H16F3N3OS/c20-19(21,22)15-4-6-16(7-5-15)24-18(26)25(11-14-8-10-27-13-14)12-17-3-1-2-9-23-17/h1-10,13H,11-12H2,(H,24,26). The average Bonchev–Trinajstić information content (AvgIpc) is 3.15. The van der Waals surface area contributed by atoms with Gasteiger partial charge in [0.1, 0.15) is 0 Å². The molecule has 140 valence electrons. The van der Waals surface area contributed by atoms with Crippen molar-refractivity contribution in [3.05, 3.63) is 82.3 Å². The van der Waals surface area contributed by atoms with Crippen molar-refractivity contribution >= 4 is 23.1 Å². The Hall–Kier alpha value is -2.87. The first-order chi connectivity index (χ1) is 12.9. The highest BCUT2D eigenvalue weighted by molar-refractivity contribution is 7.07. The maximum absolute atomic E-state index is 12.7. The molecule has 0 aliphatic carbocycles. The van der Waals surface area contributed by atoms with Crippen molar-refractivity contribution in [2.45, 2.75) is 19.3 Å². The van der Waals surface area contributed by atoms with E-state index in [2.05, 4.69) is 10.3 Å². The van der Waals surface area contributed by atoms with E-state index < -0.39 is 17.8 Å². The van der Waals surface area contributed by atoms with Crippen LogP contribution in [-0.2, 0) is 19.3 Å². The molecule has 0 unspecified atom stereocenters. The van der Waals surface area contributed by atoms with Gasteiger partial charge in [0.2, 0.25) is 0 Å². The summed E-state index contributed by atoms with van der Waals surface area (Å²) in [6.45, 7) is 0.649. The van der Waals surface area contributed by atoms with Gasteiger partial charge in [-0.25, -0.2) is 4.79 Å². The molecule has 8 heteroatoms. The molecule has 0 bridgehead atoms. The van der Waals surface area contributed by atoms with Crippen molar-refractivity contribution < 1.29 is 18.0 Å². The molecule has 0 aliphatic rings. The summed E-state index contributed by atoms with van der Waals surface area (Å²) in [4.78, 5) is 18.5. The van der Waals surface area contributed by atoms with Crippen LogP contribution in [0, 0.1) is 0 Å². The third kappa shape index (κ3) is 5.30. The highest BCUT2D eigenvalue weighted by atomic mass is 32.1. The van der Waals surface area contributed by atoms with Crippen molar-refractivity contribution in [1.29, 1.82) is 0 Å². The summed E-state index contributed by atoms with van der Waals surface area (Å²) in [6.07, 6.45) is -2.77. The highest BCUT2D eigenvalue weighted by Crippen LogP contribution is 2.29. The molecular weight excluding hydrogens is 375 g/mol. The van der Waals surface area contributed by atoms with E-state index in [4.69, 9.17) is 0 Å². The highest BCUT2D eigenvalue weighted by Gasteiger charge is 2.30. The Morgan fingerprint density at radius 3 is 2.44 bits per heavy atom. The summed E-state index contributed by atoms with van der Waals surface area (Å²) >= 11 is 1.53. The van der Waals surface area contributed by atoms with Gasteiger partial charge in [-0.2, -0.15) is 24.5 Å². The second-order valence-electron chi connectivity index (χ2n) is 5.81. The van der Waals surface area contributed by atoms with E-state index >= 15 is 0 Å². The molecule has 0 spiro atoms. The summed E-state index contributed by atoms with van der Waals surface area (Å²) in [5, 5.41) is 6.51. The van der Waals surface area contributed by atoms with Gasteiger partial charge in [-0.1, -0.05) is 6.07 Å². The number of anilines is 1. The minimum absolute atomic E-state index is 0.281. The van der Waals surface area contributed by atoms with Crippen LogP contribution in [0.25, 0.3) is 0 Å². The molecule has 4 nitrogen and oxygen atoms in total. The molecule has 0 aliphatic heterocycles. The van der Waals surface area contributed by atoms with E-state index in [1.807, 2.05) is 29.0 Å². The number of pyridine rings is 1. The molecule has 2 amide bonds. The molecule has 0 fully saturated rings. The number of urea groups is 1. The normalized spacial score (nSPS) is 11.2. The first-order valence-corrected chi connectivity index (χ1v) is 9.00. The van der Waals surface area contributed by atoms with Gasteiger partial charge in [-0.05, 0) is 58.8 Å². The lowest BCUT2D eigenvalue weighted by molar-refractivity contribution is -0.137. The van der Waals surface area contributed by atoms with E-state index in [0.29, 0.717) is 12.2 Å². The topological polar surface area (TPSA) is 45.2 Å².